The highest BCUT2D eigenvalue weighted by Gasteiger charge is 2.27. The largest absolute Gasteiger partial charge is 0.491 e. The molecule has 0 unspecified atom stereocenters. The van der Waals surface area contributed by atoms with E-state index in [0.717, 1.165) is 11.4 Å². The Morgan fingerprint density at radius 1 is 0.868 bits per heavy atom. The molecule has 0 atom stereocenters. The number of nitrogens with zero attached hydrogens (tertiary/aromatic N) is 1. The van der Waals surface area contributed by atoms with Gasteiger partial charge in [0.15, 0.2) is 0 Å². The molecule has 0 aliphatic heterocycles. The number of fused-ring (bicyclic) bond motifs is 1. The summed E-state index contributed by atoms with van der Waals surface area (Å²) in [6.45, 7) is 7.81. The normalized spacial score (nSPS) is 11.0. The smallest absolute Gasteiger partial charge is 0.340 e. The van der Waals surface area contributed by atoms with Crippen LogP contribution in [-0.2, 0) is 20.7 Å². The molecule has 198 valence electrons. The van der Waals surface area contributed by atoms with Crippen LogP contribution in [0.1, 0.15) is 43.7 Å². The first-order valence-corrected chi connectivity index (χ1v) is 12.9. The van der Waals surface area contributed by atoms with Gasteiger partial charge in [-0.2, -0.15) is 0 Å². The molecule has 0 bridgehead atoms. The molecule has 0 fully saturated rings. The van der Waals surface area contributed by atoms with Crippen molar-refractivity contribution in [3.63, 3.8) is 0 Å². The third-order valence-electron chi connectivity index (χ3n) is 5.63. The lowest BCUT2D eigenvalue weighted by Gasteiger charge is -2.14. The van der Waals surface area contributed by atoms with E-state index in [-0.39, 0.29) is 31.3 Å². The van der Waals surface area contributed by atoms with Crippen molar-refractivity contribution in [3.8, 4) is 22.9 Å². The molecule has 8 heteroatoms. The summed E-state index contributed by atoms with van der Waals surface area (Å²) in [7, 11) is 0. The number of hydrogen-bond donors (Lipinski definition) is 0. The van der Waals surface area contributed by atoms with Crippen LogP contribution < -0.4 is 9.47 Å². The Labute approximate surface area is 226 Å². The summed E-state index contributed by atoms with van der Waals surface area (Å²) in [5, 5.41) is 1.13. The van der Waals surface area contributed by atoms with Crippen molar-refractivity contribution < 1.29 is 28.5 Å². The number of carbonyl (C=O) groups excluding carboxylic acids is 2. The third kappa shape index (κ3) is 6.11. The molecule has 4 rings (SSSR count). The van der Waals surface area contributed by atoms with Crippen LogP contribution in [0.3, 0.4) is 0 Å². The quantitative estimate of drug-likeness (QED) is 0.201. The molecule has 0 spiro atoms. The molecule has 0 aliphatic carbocycles. The molecule has 1 heterocycles. The fraction of sp³-hybridized carbons (Fsp3) is 0.267. The minimum absolute atomic E-state index is 0.0287. The van der Waals surface area contributed by atoms with E-state index in [1.54, 1.807) is 50.2 Å². The average molecular weight is 536 g/mol. The number of aromatic nitrogens is 1. The molecular formula is C30H30ClNO6. The highest BCUT2D eigenvalue weighted by molar-refractivity contribution is 6.30. The van der Waals surface area contributed by atoms with Crippen molar-refractivity contribution in [2.24, 2.45) is 0 Å². The predicted molar refractivity (Wildman–Crippen MR) is 147 cm³/mol. The predicted octanol–water partition coefficient (Wildman–Crippen LogP) is 7.15. The summed E-state index contributed by atoms with van der Waals surface area (Å²) < 4.78 is 24.4. The second kappa shape index (κ2) is 12.0. The Bertz CT molecular complexity index is 1440. The van der Waals surface area contributed by atoms with Gasteiger partial charge in [0, 0.05) is 21.8 Å². The van der Waals surface area contributed by atoms with Gasteiger partial charge < -0.3 is 23.5 Å². The van der Waals surface area contributed by atoms with Crippen molar-refractivity contribution >= 4 is 34.4 Å². The summed E-state index contributed by atoms with van der Waals surface area (Å²) in [4.78, 5) is 26.0. The number of ether oxygens (including phenoxy) is 4. The Hall–Kier alpha value is -3.97. The van der Waals surface area contributed by atoms with Crippen LogP contribution in [0.4, 0.5) is 0 Å². The first kappa shape index (κ1) is 27.1. The monoisotopic (exact) mass is 535 g/mol. The van der Waals surface area contributed by atoms with Crippen molar-refractivity contribution in [3.05, 3.63) is 83.0 Å². The Kier molecular flexibility index (Phi) is 8.59. The average Bonchev–Trinajstić information content (AvgIpc) is 3.17. The van der Waals surface area contributed by atoms with Gasteiger partial charge in [-0.1, -0.05) is 17.7 Å². The van der Waals surface area contributed by atoms with Gasteiger partial charge in [0.05, 0.1) is 36.8 Å². The van der Waals surface area contributed by atoms with Crippen molar-refractivity contribution in [1.82, 2.24) is 4.57 Å². The van der Waals surface area contributed by atoms with E-state index >= 15 is 0 Å². The summed E-state index contributed by atoms with van der Waals surface area (Å²) in [5.74, 6) is 0.801. The van der Waals surface area contributed by atoms with Gasteiger partial charge in [-0.25, -0.2) is 4.79 Å². The van der Waals surface area contributed by atoms with E-state index < -0.39 is 11.9 Å². The summed E-state index contributed by atoms with van der Waals surface area (Å²) in [6, 6.07) is 20.0. The fourth-order valence-electron chi connectivity index (χ4n) is 4.24. The first-order valence-electron chi connectivity index (χ1n) is 12.5. The molecule has 3 aromatic carbocycles. The lowest BCUT2D eigenvalue weighted by atomic mass is 10.1. The molecule has 0 saturated carbocycles. The number of benzene rings is 3. The van der Waals surface area contributed by atoms with Gasteiger partial charge in [-0.15, -0.1) is 0 Å². The highest BCUT2D eigenvalue weighted by atomic mass is 35.5. The van der Waals surface area contributed by atoms with Gasteiger partial charge in [0.2, 0.25) is 0 Å². The van der Waals surface area contributed by atoms with E-state index in [4.69, 9.17) is 30.5 Å². The zero-order valence-electron chi connectivity index (χ0n) is 21.8. The summed E-state index contributed by atoms with van der Waals surface area (Å²) in [6.07, 6.45) is -0.0910. The Morgan fingerprint density at radius 2 is 1.55 bits per heavy atom. The maximum absolute atomic E-state index is 13.3. The summed E-state index contributed by atoms with van der Waals surface area (Å²) >= 11 is 6.12. The van der Waals surface area contributed by atoms with Crippen LogP contribution >= 0.6 is 11.6 Å². The second-order valence-electron chi connectivity index (χ2n) is 8.76. The molecule has 0 aliphatic rings. The van der Waals surface area contributed by atoms with E-state index in [2.05, 4.69) is 0 Å². The zero-order chi connectivity index (χ0) is 27.2. The van der Waals surface area contributed by atoms with Crippen molar-refractivity contribution in [1.29, 1.82) is 0 Å². The van der Waals surface area contributed by atoms with Gasteiger partial charge in [0.25, 0.3) is 0 Å². The molecule has 0 radical (unpaired) electrons. The molecule has 0 saturated heterocycles. The standard InChI is InChI=1S/C30H30ClNO6/c1-5-35-28(33)18-27-29(30(34)36-6-2)25-17-24(38-23-9-7-8-20(31)16-23)14-15-26(25)32(27)21-10-12-22(13-11-21)37-19(3)4/h7-17,19H,5-6,18H2,1-4H3. The molecular weight excluding hydrogens is 506 g/mol. The number of halogens is 1. The molecule has 4 aromatic rings. The number of rotatable bonds is 10. The SMILES string of the molecule is CCOC(=O)Cc1c(C(=O)OCC)c2cc(Oc3cccc(Cl)c3)ccc2n1-c1ccc(OC(C)C)cc1. The van der Waals surface area contributed by atoms with Crippen LogP contribution in [0.15, 0.2) is 66.7 Å². The highest BCUT2D eigenvalue weighted by Crippen LogP contribution is 2.35. The maximum atomic E-state index is 13.3. The van der Waals surface area contributed by atoms with E-state index in [1.807, 2.05) is 48.7 Å². The number of hydrogen-bond acceptors (Lipinski definition) is 6. The number of esters is 2. The second-order valence-corrected chi connectivity index (χ2v) is 9.19. The molecule has 1 aromatic heterocycles. The van der Waals surface area contributed by atoms with E-state index in [9.17, 15) is 9.59 Å². The Balaban J connectivity index is 1.91. The van der Waals surface area contributed by atoms with Crippen LogP contribution in [0.5, 0.6) is 17.2 Å². The molecule has 7 nitrogen and oxygen atoms in total. The lowest BCUT2D eigenvalue weighted by molar-refractivity contribution is -0.142. The lowest BCUT2D eigenvalue weighted by Crippen LogP contribution is -2.15. The zero-order valence-corrected chi connectivity index (χ0v) is 22.6. The van der Waals surface area contributed by atoms with Crippen LogP contribution in [0.25, 0.3) is 16.6 Å². The molecule has 0 amide bonds. The minimum Gasteiger partial charge on any atom is -0.491 e. The first-order chi connectivity index (χ1) is 18.3. The maximum Gasteiger partial charge on any atom is 0.340 e. The van der Waals surface area contributed by atoms with E-state index in [1.165, 1.54) is 0 Å². The van der Waals surface area contributed by atoms with Crippen LogP contribution in [0.2, 0.25) is 5.02 Å². The molecule has 38 heavy (non-hydrogen) atoms. The van der Waals surface area contributed by atoms with Crippen molar-refractivity contribution in [2.45, 2.75) is 40.2 Å². The van der Waals surface area contributed by atoms with Gasteiger partial charge in [-0.3, -0.25) is 4.79 Å². The van der Waals surface area contributed by atoms with Crippen LogP contribution in [-0.4, -0.2) is 35.8 Å². The minimum atomic E-state index is -0.532. The summed E-state index contributed by atoms with van der Waals surface area (Å²) in [5.41, 5.74) is 2.22. The number of carbonyl (C=O) groups is 2. The van der Waals surface area contributed by atoms with Gasteiger partial charge in [0.1, 0.15) is 17.2 Å². The third-order valence-corrected chi connectivity index (χ3v) is 5.87. The fourth-order valence-corrected chi connectivity index (χ4v) is 4.42. The van der Waals surface area contributed by atoms with Gasteiger partial charge in [-0.05, 0) is 88.4 Å². The van der Waals surface area contributed by atoms with Crippen molar-refractivity contribution in [2.75, 3.05) is 13.2 Å². The van der Waals surface area contributed by atoms with Crippen LogP contribution in [0, 0.1) is 0 Å². The Morgan fingerprint density at radius 3 is 2.21 bits per heavy atom. The van der Waals surface area contributed by atoms with E-state index in [0.29, 0.717) is 33.1 Å². The molecule has 0 N–H and O–H groups in total. The topological polar surface area (TPSA) is 76.0 Å². The van der Waals surface area contributed by atoms with Gasteiger partial charge >= 0.3 is 11.9 Å².